The molecular formula is C14H11BF2O2. The van der Waals surface area contributed by atoms with Gasteiger partial charge in [0.15, 0.2) is 0 Å². The van der Waals surface area contributed by atoms with Crippen LogP contribution in [-0.2, 0) is 0 Å². The van der Waals surface area contributed by atoms with E-state index in [0.717, 1.165) is 0 Å². The number of hydrogen-bond acceptors (Lipinski definition) is 2. The lowest BCUT2D eigenvalue weighted by atomic mass is 9.90. The van der Waals surface area contributed by atoms with Gasteiger partial charge in [0.2, 0.25) is 0 Å². The predicted octanol–water partition coefficient (Wildman–Crippen LogP) is 3.64. The lowest BCUT2D eigenvalue weighted by molar-refractivity contribution is 0.433. The van der Waals surface area contributed by atoms with E-state index in [-0.39, 0.29) is 0 Å². The van der Waals surface area contributed by atoms with Gasteiger partial charge in [0, 0.05) is 12.1 Å². The van der Waals surface area contributed by atoms with Crippen LogP contribution >= 0.6 is 0 Å². The van der Waals surface area contributed by atoms with E-state index in [0.29, 0.717) is 11.5 Å². The van der Waals surface area contributed by atoms with Gasteiger partial charge >= 0.3 is 7.12 Å². The molecular weight excluding hydrogens is 249 g/mol. The Hall–Kier alpha value is -2.30. The van der Waals surface area contributed by atoms with E-state index in [1.165, 1.54) is 42.4 Å². The van der Waals surface area contributed by atoms with Crippen LogP contribution in [-0.4, -0.2) is 7.12 Å². The minimum atomic E-state index is -0.830. The van der Waals surface area contributed by atoms with Crippen molar-refractivity contribution in [2.45, 2.75) is 0 Å². The summed E-state index contributed by atoms with van der Waals surface area (Å²) in [6.07, 6.45) is 0. The van der Waals surface area contributed by atoms with Crippen LogP contribution in [0.5, 0.6) is 11.5 Å². The molecule has 0 aliphatic carbocycles. The van der Waals surface area contributed by atoms with Crippen LogP contribution in [0.15, 0.2) is 61.1 Å². The Morgan fingerprint density at radius 2 is 1.37 bits per heavy atom. The molecule has 2 nitrogen and oxygen atoms in total. The van der Waals surface area contributed by atoms with Gasteiger partial charge in [-0.25, -0.2) is 8.78 Å². The minimum Gasteiger partial charge on any atom is -0.522 e. The van der Waals surface area contributed by atoms with E-state index in [1.807, 2.05) is 0 Å². The molecule has 0 fully saturated rings. The molecule has 0 bridgehead atoms. The molecule has 19 heavy (non-hydrogen) atoms. The SMILES string of the molecule is C=CB(Oc1cccc(F)c1)Oc1cccc(F)c1. The second-order valence-corrected chi connectivity index (χ2v) is 3.75. The highest BCUT2D eigenvalue weighted by molar-refractivity contribution is 6.52. The number of hydrogen-bond donors (Lipinski definition) is 0. The van der Waals surface area contributed by atoms with Crippen LogP contribution in [0.25, 0.3) is 0 Å². The van der Waals surface area contributed by atoms with Gasteiger partial charge in [0.25, 0.3) is 0 Å². The molecule has 2 aromatic rings. The van der Waals surface area contributed by atoms with E-state index in [9.17, 15) is 8.78 Å². The summed E-state index contributed by atoms with van der Waals surface area (Å²) >= 11 is 0. The second-order valence-electron chi connectivity index (χ2n) is 3.75. The topological polar surface area (TPSA) is 18.5 Å². The van der Waals surface area contributed by atoms with Crippen LogP contribution in [0.1, 0.15) is 0 Å². The van der Waals surface area contributed by atoms with Gasteiger partial charge in [-0.1, -0.05) is 12.1 Å². The Labute approximate surface area is 110 Å². The molecule has 0 unspecified atom stereocenters. The lowest BCUT2D eigenvalue weighted by Crippen LogP contribution is -2.27. The number of rotatable bonds is 5. The van der Waals surface area contributed by atoms with Crippen LogP contribution in [0.2, 0.25) is 0 Å². The van der Waals surface area contributed by atoms with E-state index < -0.39 is 18.8 Å². The van der Waals surface area contributed by atoms with Gasteiger partial charge in [0.1, 0.15) is 23.1 Å². The molecule has 0 radical (unpaired) electrons. The van der Waals surface area contributed by atoms with Crippen LogP contribution in [0.4, 0.5) is 8.78 Å². The zero-order chi connectivity index (χ0) is 13.7. The van der Waals surface area contributed by atoms with Crippen LogP contribution in [0, 0.1) is 11.6 Å². The summed E-state index contributed by atoms with van der Waals surface area (Å²) in [7, 11) is -0.830. The molecule has 96 valence electrons. The quantitative estimate of drug-likeness (QED) is 0.764. The fourth-order valence-electron chi connectivity index (χ4n) is 1.47. The van der Waals surface area contributed by atoms with Crippen molar-refractivity contribution in [3.05, 3.63) is 72.7 Å². The van der Waals surface area contributed by atoms with Crippen molar-refractivity contribution in [3.8, 4) is 11.5 Å². The van der Waals surface area contributed by atoms with Gasteiger partial charge in [-0.15, -0.1) is 6.58 Å². The highest BCUT2D eigenvalue weighted by atomic mass is 19.1. The van der Waals surface area contributed by atoms with Crippen molar-refractivity contribution in [3.63, 3.8) is 0 Å². The number of benzene rings is 2. The van der Waals surface area contributed by atoms with E-state index in [1.54, 1.807) is 12.1 Å². The molecule has 0 saturated heterocycles. The molecule has 5 heteroatoms. The van der Waals surface area contributed by atoms with Gasteiger partial charge in [-0.05, 0) is 30.2 Å². The second kappa shape index (κ2) is 6.04. The summed E-state index contributed by atoms with van der Waals surface area (Å²) in [6.45, 7) is 3.56. The third kappa shape index (κ3) is 3.84. The highest BCUT2D eigenvalue weighted by Crippen LogP contribution is 2.17. The summed E-state index contributed by atoms with van der Waals surface area (Å²) in [5.41, 5.74) is 0. The molecule has 2 rings (SSSR count). The third-order valence-electron chi connectivity index (χ3n) is 2.29. The van der Waals surface area contributed by atoms with Gasteiger partial charge in [-0.3, -0.25) is 0 Å². The monoisotopic (exact) mass is 260 g/mol. The van der Waals surface area contributed by atoms with Crippen LogP contribution < -0.4 is 9.31 Å². The Morgan fingerprint density at radius 1 is 0.895 bits per heavy atom. The smallest absolute Gasteiger partial charge is 0.522 e. The third-order valence-corrected chi connectivity index (χ3v) is 2.29. The molecule has 0 N–H and O–H groups in total. The summed E-state index contributed by atoms with van der Waals surface area (Å²) in [5, 5.41) is 0. The van der Waals surface area contributed by atoms with Gasteiger partial charge in [-0.2, -0.15) is 0 Å². The molecule has 0 aromatic heterocycles. The van der Waals surface area contributed by atoms with Gasteiger partial charge < -0.3 is 9.31 Å². The largest absolute Gasteiger partial charge is 0.624 e. The first-order chi connectivity index (χ1) is 9.17. The molecule has 0 atom stereocenters. The molecule has 0 aliphatic rings. The Morgan fingerprint density at radius 3 is 1.74 bits per heavy atom. The van der Waals surface area contributed by atoms with E-state index in [4.69, 9.17) is 9.31 Å². The van der Waals surface area contributed by atoms with Crippen molar-refractivity contribution in [1.82, 2.24) is 0 Å². The van der Waals surface area contributed by atoms with E-state index in [2.05, 4.69) is 6.58 Å². The van der Waals surface area contributed by atoms with Crippen molar-refractivity contribution >= 4 is 7.12 Å². The van der Waals surface area contributed by atoms with Crippen molar-refractivity contribution in [2.24, 2.45) is 0 Å². The fourth-order valence-corrected chi connectivity index (χ4v) is 1.47. The first-order valence-electron chi connectivity index (χ1n) is 5.64. The maximum absolute atomic E-state index is 13.0. The maximum atomic E-state index is 13.0. The molecule has 0 spiro atoms. The zero-order valence-corrected chi connectivity index (χ0v) is 10.1. The lowest BCUT2D eigenvalue weighted by Gasteiger charge is -2.13. The Balaban J connectivity index is 2.06. The Bertz CT molecular complexity index is 527. The van der Waals surface area contributed by atoms with Gasteiger partial charge in [0.05, 0.1) is 0 Å². The summed E-state index contributed by atoms with van der Waals surface area (Å²) < 4.78 is 36.8. The van der Waals surface area contributed by atoms with Crippen molar-refractivity contribution < 1.29 is 18.1 Å². The standard InChI is InChI=1S/C14H11BF2O2/c1-2-15(18-13-7-3-5-11(16)9-13)19-14-8-4-6-12(17)10-14/h2-10H,1H2. The average Bonchev–Trinajstić information content (AvgIpc) is 2.38. The minimum absolute atomic E-state index is 0.307. The van der Waals surface area contributed by atoms with Crippen molar-refractivity contribution in [2.75, 3.05) is 0 Å². The molecule has 2 aromatic carbocycles. The first kappa shape index (κ1) is 13.1. The Kier molecular flexibility index (Phi) is 4.18. The fraction of sp³-hybridized carbons (Fsp3) is 0. The number of halogens is 2. The van der Waals surface area contributed by atoms with E-state index >= 15 is 0 Å². The maximum Gasteiger partial charge on any atom is 0.624 e. The first-order valence-corrected chi connectivity index (χ1v) is 5.64. The molecule has 0 amide bonds. The summed E-state index contributed by atoms with van der Waals surface area (Å²) in [4.78, 5) is 0. The van der Waals surface area contributed by atoms with Crippen LogP contribution in [0.3, 0.4) is 0 Å². The van der Waals surface area contributed by atoms with Crippen molar-refractivity contribution in [1.29, 1.82) is 0 Å². The zero-order valence-electron chi connectivity index (χ0n) is 10.1. The summed E-state index contributed by atoms with van der Waals surface area (Å²) in [6, 6.07) is 11.3. The average molecular weight is 260 g/mol. The highest BCUT2D eigenvalue weighted by Gasteiger charge is 2.18. The molecule has 0 heterocycles. The molecule has 0 aliphatic heterocycles. The predicted molar refractivity (Wildman–Crippen MR) is 70.0 cm³/mol. The normalized spacial score (nSPS) is 9.79. The summed E-state index contributed by atoms with van der Waals surface area (Å²) in [5.74, 6) is 1.19. The molecule has 0 saturated carbocycles.